The molecule has 17 heavy (non-hydrogen) atoms. The van der Waals surface area contributed by atoms with Crippen molar-refractivity contribution in [3.05, 3.63) is 29.3 Å². The van der Waals surface area contributed by atoms with Crippen molar-refractivity contribution in [3.8, 4) is 5.75 Å². The van der Waals surface area contributed by atoms with Crippen LogP contribution in [0.4, 0.5) is 0 Å². The van der Waals surface area contributed by atoms with Gasteiger partial charge in [-0.25, -0.2) is 5.43 Å². The largest absolute Gasteiger partial charge is 0.496 e. The van der Waals surface area contributed by atoms with E-state index in [4.69, 9.17) is 10.6 Å². The highest BCUT2D eigenvalue weighted by atomic mass is 16.5. The van der Waals surface area contributed by atoms with Gasteiger partial charge in [0, 0.05) is 5.56 Å². The Morgan fingerprint density at radius 3 is 2.35 bits per heavy atom. The van der Waals surface area contributed by atoms with Crippen LogP contribution in [0.5, 0.6) is 5.75 Å². The molecule has 4 nitrogen and oxygen atoms in total. The van der Waals surface area contributed by atoms with E-state index in [1.165, 1.54) is 5.56 Å². The second-order valence-corrected chi connectivity index (χ2v) is 4.69. The second kappa shape index (κ2) is 6.00. The molecular formula is C13H23N3O. The highest BCUT2D eigenvalue weighted by Crippen LogP contribution is 2.29. The van der Waals surface area contributed by atoms with Gasteiger partial charge in [-0.1, -0.05) is 26.0 Å². The van der Waals surface area contributed by atoms with Crippen LogP contribution in [0.15, 0.2) is 18.2 Å². The maximum Gasteiger partial charge on any atom is 0.125 e. The molecule has 96 valence electrons. The van der Waals surface area contributed by atoms with Crippen LogP contribution in [-0.2, 0) is 0 Å². The Labute approximate surface area is 104 Å². The number of hydrazine groups is 1. The number of benzene rings is 1. The molecule has 1 aromatic rings. The van der Waals surface area contributed by atoms with Gasteiger partial charge in [0.1, 0.15) is 11.9 Å². The number of rotatable bonds is 5. The average Bonchev–Trinajstić information content (AvgIpc) is 2.29. The molecule has 0 spiro atoms. The molecule has 0 saturated carbocycles. The van der Waals surface area contributed by atoms with Crippen molar-refractivity contribution in [1.82, 2.24) is 10.3 Å². The van der Waals surface area contributed by atoms with Crippen molar-refractivity contribution in [3.63, 3.8) is 0 Å². The molecule has 0 bridgehead atoms. The quantitative estimate of drug-likeness (QED) is 0.466. The summed E-state index contributed by atoms with van der Waals surface area (Å²) in [6.45, 7) is 4.33. The Bertz CT molecular complexity index is 364. The van der Waals surface area contributed by atoms with Crippen LogP contribution in [0.1, 0.15) is 37.1 Å². The van der Waals surface area contributed by atoms with Gasteiger partial charge in [-0.15, -0.1) is 0 Å². The van der Waals surface area contributed by atoms with Crippen molar-refractivity contribution in [2.45, 2.75) is 25.9 Å². The van der Waals surface area contributed by atoms with Crippen LogP contribution in [0.3, 0.4) is 0 Å². The highest BCUT2D eigenvalue weighted by molar-refractivity contribution is 5.40. The molecule has 1 atom stereocenters. The monoisotopic (exact) mass is 237 g/mol. The molecule has 0 heterocycles. The van der Waals surface area contributed by atoms with Gasteiger partial charge in [-0.3, -0.25) is 10.7 Å². The van der Waals surface area contributed by atoms with E-state index >= 15 is 0 Å². The van der Waals surface area contributed by atoms with Crippen molar-refractivity contribution >= 4 is 0 Å². The zero-order valence-corrected chi connectivity index (χ0v) is 11.3. The third-order valence-corrected chi connectivity index (χ3v) is 2.89. The van der Waals surface area contributed by atoms with Crippen molar-refractivity contribution in [1.29, 1.82) is 0 Å². The lowest BCUT2D eigenvalue weighted by Gasteiger charge is -2.26. The number of methoxy groups -OCH3 is 1. The fraction of sp³-hybridized carbons (Fsp3) is 0.538. The van der Waals surface area contributed by atoms with Gasteiger partial charge >= 0.3 is 0 Å². The normalized spacial score (nSPS) is 13.2. The maximum atomic E-state index is 5.58. The van der Waals surface area contributed by atoms with Crippen molar-refractivity contribution in [2.75, 3.05) is 21.2 Å². The molecule has 1 rings (SSSR count). The lowest BCUT2D eigenvalue weighted by molar-refractivity contribution is 0.245. The van der Waals surface area contributed by atoms with Gasteiger partial charge in [-0.05, 0) is 31.6 Å². The van der Waals surface area contributed by atoms with Gasteiger partial charge in [-0.2, -0.15) is 0 Å². The molecule has 1 aromatic carbocycles. The first kappa shape index (κ1) is 14.0. The summed E-state index contributed by atoms with van der Waals surface area (Å²) in [5.74, 6) is 6.94. The third kappa shape index (κ3) is 3.19. The number of nitrogens with two attached hydrogens (primary N) is 1. The molecule has 0 amide bonds. The smallest absolute Gasteiger partial charge is 0.125 e. The second-order valence-electron chi connectivity index (χ2n) is 4.69. The number of nitrogens with zero attached hydrogens (tertiary/aromatic N) is 1. The molecule has 0 fully saturated rings. The summed E-state index contributed by atoms with van der Waals surface area (Å²) in [5.41, 5.74) is 5.10. The van der Waals surface area contributed by atoms with Gasteiger partial charge < -0.3 is 4.74 Å². The lowest BCUT2D eigenvalue weighted by Crippen LogP contribution is -2.37. The third-order valence-electron chi connectivity index (χ3n) is 2.89. The average molecular weight is 237 g/mol. The Kier molecular flexibility index (Phi) is 4.93. The van der Waals surface area contributed by atoms with Crippen LogP contribution in [-0.4, -0.2) is 26.1 Å². The van der Waals surface area contributed by atoms with E-state index in [-0.39, 0.29) is 6.17 Å². The number of hydrogen-bond donors (Lipinski definition) is 2. The van der Waals surface area contributed by atoms with Gasteiger partial charge in [0.05, 0.1) is 7.11 Å². The van der Waals surface area contributed by atoms with Crippen LogP contribution < -0.4 is 16.0 Å². The molecule has 0 aromatic heterocycles. The van der Waals surface area contributed by atoms with Gasteiger partial charge in [0.2, 0.25) is 0 Å². The Morgan fingerprint density at radius 2 is 1.94 bits per heavy atom. The molecule has 0 radical (unpaired) electrons. The van der Waals surface area contributed by atoms with Crippen LogP contribution in [0.2, 0.25) is 0 Å². The zero-order chi connectivity index (χ0) is 13.0. The maximum absolute atomic E-state index is 5.58. The van der Waals surface area contributed by atoms with Gasteiger partial charge in [0.15, 0.2) is 0 Å². The lowest BCUT2D eigenvalue weighted by atomic mass is 10.00. The summed E-state index contributed by atoms with van der Waals surface area (Å²) >= 11 is 0. The van der Waals surface area contributed by atoms with E-state index in [1.807, 2.05) is 19.0 Å². The first-order valence-electron chi connectivity index (χ1n) is 5.81. The summed E-state index contributed by atoms with van der Waals surface area (Å²) in [7, 11) is 5.63. The molecular weight excluding hydrogens is 214 g/mol. The topological polar surface area (TPSA) is 50.5 Å². The molecule has 0 aliphatic rings. The zero-order valence-electron chi connectivity index (χ0n) is 11.3. The van der Waals surface area contributed by atoms with E-state index in [9.17, 15) is 0 Å². The summed E-state index contributed by atoms with van der Waals surface area (Å²) in [4.78, 5) is 2.01. The van der Waals surface area contributed by atoms with E-state index in [2.05, 4.69) is 37.5 Å². The first-order valence-corrected chi connectivity index (χ1v) is 5.81. The van der Waals surface area contributed by atoms with E-state index in [0.29, 0.717) is 5.92 Å². The molecule has 1 unspecified atom stereocenters. The van der Waals surface area contributed by atoms with Gasteiger partial charge in [0.25, 0.3) is 0 Å². The number of hydrogen-bond acceptors (Lipinski definition) is 4. The van der Waals surface area contributed by atoms with Crippen LogP contribution in [0.25, 0.3) is 0 Å². The molecule has 0 saturated heterocycles. The predicted octanol–water partition coefficient (Wildman–Crippen LogP) is 1.84. The van der Waals surface area contributed by atoms with E-state index < -0.39 is 0 Å². The molecule has 4 heteroatoms. The Morgan fingerprint density at radius 1 is 1.29 bits per heavy atom. The summed E-state index contributed by atoms with van der Waals surface area (Å²) in [5, 5.41) is 0. The number of ether oxygens (including phenoxy) is 1. The van der Waals surface area contributed by atoms with Crippen LogP contribution >= 0.6 is 0 Å². The fourth-order valence-corrected chi connectivity index (χ4v) is 1.83. The summed E-state index contributed by atoms with van der Waals surface area (Å²) in [6.07, 6.45) is -0.0498. The van der Waals surface area contributed by atoms with Crippen molar-refractivity contribution in [2.24, 2.45) is 5.84 Å². The van der Waals surface area contributed by atoms with Crippen LogP contribution in [0, 0.1) is 0 Å². The summed E-state index contributed by atoms with van der Waals surface area (Å²) in [6, 6.07) is 6.27. The summed E-state index contributed by atoms with van der Waals surface area (Å²) < 4.78 is 5.45. The minimum Gasteiger partial charge on any atom is -0.496 e. The first-order chi connectivity index (χ1) is 8.01. The Balaban J connectivity index is 3.15. The number of nitrogens with one attached hydrogen (secondary N) is 1. The SMILES string of the molecule is COc1cc(C(C)C)ccc1C(NN)N(C)C. The fourth-order valence-electron chi connectivity index (χ4n) is 1.83. The molecule has 0 aliphatic carbocycles. The minimum atomic E-state index is -0.0498. The van der Waals surface area contributed by atoms with E-state index in [0.717, 1.165) is 11.3 Å². The highest BCUT2D eigenvalue weighted by Gasteiger charge is 2.17. The molecule has 0 aliphatic heterocycles. The minimum absolute atomic E-state index is 0.0498. The predicted molar refractivity (Wildman–Crippen MR) is 70.8 cm³/mol. The van der Waals surface area contributed by atoms with Crippen molar-refractivity contribution < 1.29 is 4.74 Å². The van der Waals surface area contributed by atoms with E-state index in [1.54, 1.807) is 7.11 Å². The molecule has 3 N–H and O–H groups in total. The Hall–Kier alpha value is -1.10. The standard InChI is InChI=1S/C13H23N3O/c1-9(2)10-6-7-11(12(8-10)17-5)13(15-14)16(3)4/h6-9,13,15H,14H2,1-5H3.